The molecule has 5 heteroatoms. The molecule has 0 aliphatic heterocycles. The maximum Gasteiger partial charge on any atom is 0.314 e. The van der Waals surface area contributed by atoms with Crippen molar-refractivity contribution in [2.75, 3.05) is 13.1 Å². The number of nitrogens with one attached hydrogen (secondary N) is 2. The summed E-state index contributed by atoms with van der Waals surface area (Å²) < 4.78 is 0. The first kappa shape index (κ1) is 14.5. The number of urea groups is 1. The van der Waals surface area contributed by atoms with Crippen LogP contribution in [0.15, 0.2) is 12.7 Å². The second-order valence-corrected chi connectivity index (χ2v) is 4.70. The molecule has 0 saturated heterocycles. The summed E-state index contributed by atoms with van der Waals surface area (Å²) in [6.45, 7) is 4.57. The number of aliphatic carboxylic acids is 1. The van der Waals surface area contributed by atoms with Crippen LogP contribution in [0.3, 0.4) is 0 Å². The molecule has 1 aliphatic rings. The van der Waals surface area contributed by atoms with Crippen molar-refractivity contribution < 1.29 is 14.7 Å². The van der Waals surface area contributed by atoms with Crippen molar-refractivity contribution >= 4 is 12.0 Å². The number of amides is 2. The standard InChI is InChI=1S/C13H22N2O3/c1-2-3-8-14-13(18)15-9-10-6-4-5-7-11(10)12(16)17/h2,10-11H,1,3-9H2,(H,16,17)(H2,14,15,18). The molecule has 1 aliphatic carbocycles. The van der Waals surface area contributed by atoms with Gasteiger partial charge >= 0.3 is 12.0 Å². The molecule has 2 amide bonds. The van der Waals surface area contributed by atoms with Gasteiger partial charge in [0.05, 0.1) is 5.92 Å². The Labute approximate surface area is 108 Å². The molecule has 0 heterocycles. The number of rotatable bonds is 6. The quantitative estimate of drug-likeness (QED) is 0.499. The topological polar surface area (TPSA) is 78.4 Å². The highest BCUT2D eigenvalue weighted by atomic mass is 16.4. The van der Waals surface area contributed by atoms with Gasteiger partial charge in [0.1, 0.15) is 0 Å². The van der Waals surface area contributed by atoms with Crippen LogP contribution >= 0.6 is 0 Å². The van der Waals surface area contributed by atoms with Crippen molar-refractivity contribution in [3.63, 3.8) is 0 Å². The lowest BCUT2D eigenvalue weighted by Gasteiger charge is -2.28. The molecule has 1 rings (SSSR count). The zero-order valence-electron chi connectivity index (χ0n) is 10.7. The van der Waals surface area contributed by atoms with Crippen molar-refractivity contribution in [1.29, 1.82) is 0 Å². The molecule has 0 aromatic rings. The van der Waals surface area contributed by atoms with Crippen LogP contribution in [0.25, 0.3) is 0 Å². The second kappa shape index (κ2) is 7.74. The Morgan fingerprint density at radius 3 is 2.67 bits per heavy atom. The zero-order valence-corrected chi connectivity index (χ0v) is 10.7. The zero-order chi connectivity index (χ0) is 13.4. The van der Waals surface area contributed by atoms with Gasteiger partial charge in [-0.25, -0.2) is 4.79 Å². The normalized spacial score (nSPS) is 23.1. The van der Waals surface area contributed by atoms with E-state index < -0.39 is 5.97 Å². The van der Waals surface area contributed by atoms with Gasteiger partial charge in [-0.1, -0.05) is 18.9 Å². The Hall–Kier alpha value is -1.52. The summed E-state index contributed by atoms with van der Waals surface area (Å²) in [5.74, 6) is -0.998. The maximum absolute atomic E-state index is 11.4. The molecular weight excluding hydrogens is 232 g/mol. The van der Waals surface area contributed by atoms with Crippen molar-refractivity contribution in [2.24, 2.45) is 11.8 Å². The van der Waals surface area contributed by atoms with Gasteiger partial charge in [-0.05, 0) is 25.2 Å². The van der Waals surface area contributed by atoms with Gasteiger partial charge in [0.25, 0.3) is 0 Å². The van der Waals surface area contributed by atoms with Gasteiger partial charge in [0.2, 0.25) is 0 Å². The summed E-state index contributed by atoms with van der Waals surface area (Å²) in [5, 5.41) is 14.6. The van der Waals surface area contributed by atoms with E-state index in [0.29, 0.717) is 13.1 Å². The first-order chi connectivity index (χ1) is 8.65. The smallest absolute Gasteiger partial charge is 0.314 e. The van der Waals surface area contributed by atoms with Crippen LogP contribution in [0.1, 0.15) is 32.1 Å². The summed E-state index contributed by atoms with van der Waals surface area (Å²) in [7, 11) is 0. The Morgan fingerprint density at radius 1 is 1.28 bits per heavy atom. The third-order valence-corrected chi connectivity index (χ3v) is 3.39. The van der Waals surface area contributed by atoms with Crippen LogP contribution in [-0.2, 0) is 4.79 Å². The monoisotopic (exact) mass is 254 g/mol. The van der Waals surface area contributed by atoms with Crippen molar-refractivity contribution in [3.8, 4) is 0 Å². The average molecular weight is 254 g/mol. The second-order valence-electron chi connectivity index (χ2n) is 4.70. The van der Waals surface area contributed by atoms with Crippen molar-refractivity contribution in [1.82, 2.24) is 10.6 Å². The van der Waals surface area contributed by atoms with E-state index in [1.54, 1.807) is 6.08 Å². The summed E-state index contributed by atoms with van der Waals surface area (Å²) in [6, 6.07) is -0.230. The number of carboxylic acids is 1. The van der Waals surface area contributed by atoms with E-state index >= 15 is 0 Å². The minimum atomic E-state index is -0.742. The third kappa shape index (κ3) is 4.77. The van der Waals surface area contributed by atoms with Gasteiger partial charge in [-0.2, -0.15) is 0 Å². The van der Waals surface area contributed by atoms with Gasteiger partial charge in [-0.3, -0.25) is 4.79 Å². The molecule has 18 heavy (non-hydrogen) atoms. The van der Waals surface area contributed by atoms with E-state index in [1.807, 2.05) is 0 Å². The SMILES string of the molecule is C=CCCNC(=O)NCC1CCCCC1C(=O)O. The van der Waals surface area contributed by atoms with Crippen LogP contribution in [0.5, 0.6) is 0 Å². The number of carbonyl (C=O) groups is 2. The molecule has 102 valence electrons. The molecule has 0 radical (unpaired) electrons. The minimum absolute atomic E-state index is 0.0569. The summed E-state index contributed by atoms with van der Waals surface area (Å²) in [4.78, 5) is 22.5. The predicted octanol–water partition coefficient (Wildman–Crippen LogP) is 1.75. The third-order valence-electron chi connectivity index (χ3n) is 3.39. The lowest BCUT2D eigenvalue weighted by molar-refractivity contribution is -0.144. The first-order valence-electron chi connectivity index (χ1n) is 6.50. The molecule has 0 spiro atoms. The highest BCUT2D eigenvalue weighted by molar-refractivity contribution is 5.74. The van der Waals surface area contributed by atoms with Crippen LogP contribution < -0.4 is 10.6 Å². The summed E-state index contributed by atoms with van der Waals surface area (Å²) >= 11 is 0. The Bertz CT molecular complexity index is 305. The number of carboxylic acid groups (broad SMARTS) is 1. The van der Waals surface area contributed by atoms with Crippen molar-refractivity contribution in [2.45, 2.75) is 32.1 Å². The summed E-state index contributed by atoms with van der Waals surface area (Å²) in [6.07, 6.45) is 6.09. The molecular formula is C13H22N2O3. The first-order valence-corrected chi connectivity index (χ1v) is 6.50. The van der Waals surface area contributed by atoms with E-state index in [0.717, 1.165) is 32.1 Å². The molecule has 1 saturated carbocycles. The van der Waals surface area contributed by atoms with Gasteiger partial charge < -0.3 is 15.7 Å². The molecule has 0 aromatic heterocycles. The molecule has 3 N–H and O–H groups in total. The van der Waals surface area contributed by atoms with Gasteiger partial charge in [0.15, 0.2) is 0 Å². The Balaban J connectivity index is 2.29. The van der Waals surface area contributed by atoms with Gasteiger partial charge in [-0.15, -0.1) is 6.58 Å². The molecule has 2 atom stereocenters. The van der Waals surface area contributed by atoms with E-state index in [4.69, 9.17) is 5.11 Å². The number of carbonyl (C=O) groups excluding carboxylic acids is 1. The van der Waals surface area contributed by atoms with Crippen molar-refractivity contribution in [3.05, 3.63) is 12.7 Å². The highest BCUT2D eigenvalue weighted by Crippen LogP contribution is 2.29. The van der Waals surface area contributed by atoms with Crippen LogP contribution in [0.4, 0.5) is 4.79 Å². The molecule has 0 aromatic carbocycles. The predicted molar refractivity (Wildman–Crippen MR) is 69.3 cm³/mol. The highest BCUT2D eigenvalue weighted by Gasteiger charge is 2.30. The minimum Gasteiger partial charge on any atom is -0.481 e. The molecule has 5 nitrogen and oxygen atoms in total. The number of hydrogen-bond donors (Lipinski definition) is 3. The maximum atomic E-state index is 11.4. The van der Waals surface area contributed by atoms with E-state index in [9.17, 15) is 9.59 Å². The fourth-order valence-electron chi connectivity index (χ4n) is 2.35. The average Bonchev–Trinajstić information content (AvgIpc) is 2.37. The molecule has 2 unspecified atom stereocenters. The van der Waals surface area contributed by atoms with E-state index in [1.165, 1.54) is 0 Å². The fourth-order valence-corrected chi connectivity index (χ4v) is 2.35. The Kier molecular flexibility index (Phi) is 6.25. The number of hydrogen-bond acceptors (Lipinski definition) is 2. The van der Waals surface area contributed by atoms with Crippen LogP contribution in [0, 0.1) is 11.8 Å². The Morgan fingerprint density at radius 2 is 2.00 bits per heavy atom. The van der Waals surface area contributed by atoms with E-state index in [-0.39, 0.29) is 17.9 Å². The van der Waals surface area contributed by atoms with Crippen LogP contribution in [-0.4, -0.2) is 30.2 Å². The fraction of sp³-hybridized carbons (Fsp3) is 0.692. The molecule has 1 fully saturated rings. The lowest BCUT2D eigenvalue weighted by atomic mass is 9.79. The van der Waals surface area contributed by atoms with E-state index in [2.05, 4.69) is 17.2 Å². The summed E-state index contributed by atoms with van der Waals surface area (Å²) in [5.41, 5.74) is 0. The largest absolute Gasteiger partial charge is 0.481 e. The lowest BCUT2D eigenvalue weighted by Crippen LogP contribution is -2.42. The molecule has 0 bridgehead atoms. The van der Waals surface area contributed by atoms with Crippen LogP contribution in [0.2, 0.25) is 0 Å². The van der Waals surface area contributed by atoms with Gasteiger partial charge in [0, 0.05) is 13.1 Å².